The Balaban J connectivity index is 0.903. The highest BCUT2D eigenvalue weighted by Crippen LogP contribution is 2.53. The normalized spacial score (nSPS) is 12.8. The highest BCUT2D eigenvalue weighted by atomic mass is 15.1. The summed E-state index contributed by atoms with van der Waals surface area (Å²) in [5.41, 5.74) is 23.3. The summed E-state index contributed by atoms with van der Waals surface area (Å²) in [6.07, 6.45) is 0. The van der Waals surface area contributed by atoms with Crippen LogP contribution in [0.2, 0.25) is 0 Å². The third kappa shape index (κ3) is 6.18. The lowest BCUT2D eigenvalue weighted by atomic mass is 9.81. The number of hydrogen-bond acceptors (Lipinski definition) is 1. The molecule has 12 aromatic rings. The number of nitrogens with zero attached hydrogens (tertiary/aromatic N) is 1. The Morgan fingerprint density at radius 1 is 0.229 bits per heavy atom. The predicted octanol–water partition coefficient (Wildman–Crippen LogP) is 19.2. The molecule has 0 aromatic heterocycles. The molecular formula is C69H47N. The summed E-state index contributed by atoms with van der Waals surface area (Å²) in [6.45, 7) is 4.78. The summed E-state index contributed by atoms with van der Waals surface area (Å²) in [6, 6.07) is 92.5. The Morgan fingerprint density at radius 2 is 0.600 bits per heavy atom. The zero-order chi connectivity index (χ0) is 46.5. The van der Waals surface area contributed by atoms with Gasteiger partial charge in [-0.3, -0.25) is 0 Å². The fourth-order valence-corrected chi connectivity index (χ4v) is 12.0. The lowest BCUT2D eigenvalue weighted by Crippen LogP contribution is -2.14. The Bertz CT molecular complexity index is 4060. The van der Waals surface area contributed by atoms with E-state index in [1.807, 2.05) is 0 Å². The Hall–Kier alpha value is -8.78. The molecule has 70 heavy (non-hydrogen) atoms. The third-order valence-corrected chi connectivity index (χ3v) is 15.4. The van der Waals surface area contributed by atoms with Crippen LogP contribution in [0, 0.1) is 0 Å². The van der Waals surface area contributed by atoms with E-state index in [0.29, 0.717) is 0 Å². The molecule has 0 saturated carbocycles. The highest BCUT2D eigenvalue weighted by Gasteiger charge is 2.36. The first-order valence-corrected chi connectivity index (χ1v) is 24.5. The standard InChI is InChI=1S/C69H47N/c1-69(2)67-39-32-47(40-65(67)66-42-63-59-26-14-11-22-55(59)56-23-12-15-27-60(56)64(63)43-68(66)69)46-30-35-49(36-31-46)70(48-33-28-45(29-34-48)44-16-4-3-5-17-44)50-37-38-61-57-24-9-8-20-53(57)51-18-6-7-19-52(51)54-21-10-13-25-58(54)62(61)41-50/h3-43H,1-2H3. The van der Waals surface area contributed by atoms with Crippen molar-refractivity contribution < 1.29 is 0 Å². The summed E-state index contributed by atoms with van der Waals surface area (Å²) >= 11 is 0. The molecule has 0 bridgehead atoms. The van der Waals surface area contributed by atoms with Crippen LogP contribution in [0.3, 0.4) is 0 Å². The summed E-state index contributed by atoms with van der Waals surface area (Å²) in [7, 11) is 0. The maximum Gasteiger partial charge on any atom is 0.0468 e. The second-order valence-electron chi connectivity index (χ2n) is 19.6. The number of benzene rings is 12. The molecule has 12 aromatic carbocycles. The minimum atomic E-state index is -0.135. The van der Waals surface area contributed by atoms with E-state index in [0.717, 1.165) is 17.1 Å². The smallest absolute Gasteiger partial charge is 0.0468 e. The van der Waals surface area contributed by atoms with Crippen molar-refractivity contribution in [3.8, 4) is 77.9 Å². The second-order valence-corrected chi connectivity index (χ2v) is 19.6. The molecule has 14 rings (SSSR count). The van der Waals surface area contributed by atoms with E-state index < -0.39 is 0 Å². The molecule has 0 amide bonds. The van der Waals surface area contributed by atoms with Crippen LogP contribution in [0.4, 0.5) is 17.1 Å². The molecule has 0 unspecified atom stereocenters. The van der Waals surface area contributed by atoms with Crippen molar-refractivity contribution in [2.45, 2.75) is 19.3 Å². The van der Waals surface area contributed by atoms with Gasteiger partial charge in [0.1, 0.15) is 0 Å². The van der Waals surface area contributed by atoms with Crippen LogP contribution in [0.15, 0.2) is 249 Å². The molecule has 328 valence electrons. The molecule has 0 heterocycles. The van der Waals surface area contributed by atoms with E-state index in [-0.39, 0.29) is 5.41 Å². The molecule has 2 aliphatic rings. The van der Waals surface area contributed by atoms with Crippen molar-refractivity contribution in [2.75, 3.05) is 4.90 Å². The van der Waals surface area contributed by atoms with Gasteiger partial charge in [0.25, 0.3) is 0 Å². The molecule has 0 fully saturated rings. The van der Waals surface area contributed by atoms with Crippen LogP contribution in [0.1, 0.15) is 25.0 Å². The maximum absolute atomic E-state index is 2.50. The summed E-state index contributed by atoms with van der Waals surface area (Å²) < 4.78 is 0. The quantitative estimate of drug-likeness (QED) is 0.156. The average molecular weight is 890 g/mol. The van der Waals surface area contributed by atoms with Gasteiger partial charge in [-0.25, -0.2) is 0 Å². The molecule has 0 atom stereocenters. The topological polar surface area (TPSA) is 3.24 Å². The molecule has 0 aliphatic heterocycles. The SMILES string of the molecule is CC1(C)c2ccc(-c3ccc(N(c4ccc(-c5ccccc5)cc4)c4ccc5c(c4)-c4ccccc4-c4ccccc4-c4ccccc4-5)cc3)cc2-c2cc3c4ccccc4c4ccccc4c3cc21. The second kappa shape index (κ2) is 15.6. The van der Waals surface area contributed by atoms with E-state index >= 15 is 0 Å². The van der Waals surface area contributed by atoms with E-state index in [1.165, 1.54) is 121 Å². The lowest BCUT2D eigenvalue weighted by Gasteiger charge is -2.28. The van der Waals surface area contributed by atoms with Gasteiger partial charge < -0.3 is 4.90 Å². The Kier molecular flexibility index (Phi) is 9.00. The first-order valence-electron chi connectivity index (χ1n) is 24.5. The zero-order valence-corrected chi connectivity index (χ0v) is 39.1. The van der Waals surface area contributed by atoms with E-state index in [4.69, 9.17) is 0 Å². The van der Waals surface area contributed by atoms with Crippen molar-refractivity contribution >= 4 is 49.4 Å². The van der Waals surface area contributed by atoms with Crippen LogP contribution in [-0.4, -0.2) is 0 Å². The first kappa shape index (κ1) is 40.3. The largest absolute Gasteiger partial charge is 0.310 e. The van der Waals surface area contributed by atoms with Crippen molar-refractivity contribution in [2.24, 2.45) is 0 Å². The lowest BCUT2D eigenvalue weighted by molar-refractivity contribution is 0.661. The van der Waals surface area contributed by atoms with E-state index in [1.54, 1.807) is 0 Å². The van der Waals surface area contributed by atoms with Gasteiger partial charge in [-0.2, -0.15) is 0 Å². The zero-order valence-electron chi connectivity index (χ0n) is 39.1. The van der Waals surface area contributed by atoms with Crippen LogP contribution >= 0.6 is 0 Å². The summed E-state index contributed by atoms with van der Waals surface area (Å²) in [5.74, 6) is 0. The van der Waals surface area contributed by atoms with Crippen molar-refractivity contribution in [1.29, 1.82) is 0 Å². The van der Waals surface area contributed by atoms with Gasteiger partial charge in [0.05, 0.1) is 0 Å². The van der Waals surface area contributed by atoms with Crippen LogP contribution in [0.5, 0.6) is 0 Å². The minimum absolute atomic E-state index is 0.135. The van der Waals surface area contributed by atoms with Crippen molar-refractivity contribution in [3.05, 3.63) is 260 Å². The number of fused-ring (bicyclic) bond motifs is 17. The Morgan fingerprint density at radius 3 is 1.13 bits per heavy atom. The fourth-order valence-electron chi connectivity index (χ4n) is 12.0. The van der Waals surface area contributed by atoms with Gasteiger partial charge in [0, 0.05) is 22.5 Å². The van der Waals surface area contributed by atoms with Gasteiger partial charge >= 0.3 is 0 Å². The molecule has 1 heteroatoms. The van der Waals surface area contributed by atoms with Crippen molar-refractivity contribution in [1.82, 2.24) is 0 Å². The average Bonchev–Trinajstić information content (AvgIpc) is 3.65. The molecule has 0 N–H and O–H groups in total. The third-order valence-electron chi connectivity index (χ3n) is 15.4. The molecule has 0 spiro atoms. The predicted molar refractivity (Wildman–Crippen MR) is 297 cm³/mol. The summed E-state index contributed by atoms with van der Waals surface area (Å²) in [5, 5.41) is 7.88. The van der Waals surface area contributed by atoms with Gasteiger partial charge in [0.2, 0.25) is 0 Å². The van der Waals surface area contributed by atoms with Crippen LogP contribution in [0.25, 0.3) is 110 Å². The molecular weight excluding hydrogens is 843 g/mol. The van der Waals surface area contributed by atoms with E-state index in [2.05, 4.69) is 267 Å². The maximum atomic E-state index is 2.50. The van der Waals surface area contributed by atoms with Crippen molar-refractivity contribution in [3.63, 3.8) is 0 Å². The van der Waals surface area contributed by atoms with Crippen LogP contribution < -0.4 is 4.90 Å². The van der Waals surface area contributed by atoms with Gasteiger partial charge in [-0.1, -0.05) is 208 Å². The van der Waals surface area contributed by atoms with E-state index in [9.17, 15) is 0 Å². The Labute approximate surface area is 409 Å². The number of anilines is 3. The summed E-state index contributed by atoms with van der Waals surface area (Å²) in [4.78, 5) is 2.42. The van der Waals surface area contributed by atoms with Gasteiger partial charge in [-0.15, -0.1) is 0 Å². The molecule has 0 saturated heterocycles. The minimum Gasteiger partial charge on any atom is -0.310 e. The first-order chi connectivity index (χ1) is 34.5. The molecule has 2 aliphatic carbocycles. The van der Waals surface area contributed by atoms with Gasteiger partial charge in [0.15, 0.2) is 0 Å². The number of rotatable bonds is 5. The van der Waals surface area contributed by atoms with Gasteiger partial charge in [-0.05, 0) is 176 Å². The fraction of sp³-hybridized carbons (Fsp3) is 0.0435. The molecule has 0 radical (unpaired) electrons. The van der Waals surface area contributed by atoms with Crippen LogP contribution in [-0.2, 0) is 5.41 Å². The number of hydrogen-bond donors (Lipinski definition) is 0. The monoisotopic (exact) mass is 889 g/mol. The molecule has 1 nitrogen and oxygen atoms in total. The highest BCUT2D eigenvalue weighted by molar-refractivity contribution is 6.26.